The predicted octanol–water partition coefficient (Wildman–Crippen LogP) is 1.91. The van der Waals surface area contributed by atoms with Crippen molar-refractivity contribution in [3.63, 3.8) is 0 Å². The van der Waals surface area contributed by atoms with E-state index in [1.165, 1.54) is 12.8 Å². The molecule has 0 saturated carbocycles. The molecular formula is C7H15ClFN. The number of alkyl halides is 1. The number of nitrogens with one attached hydrogen (secondary N) is 1. The molecule has 1 aliphatic heterocycles. The third kappa shape index (κ3) is 2.84. The van der Waals surface area contributed by atoms with Gasteiger partial charge in [0, 0.05) is 6.04 Å². The standard InChI is InChI=1S/C7H14FN.ClH/c1-6(8)7-4-2-3-5-9-7;/h6-7,9H,2-5H2,1H3;1H. The first-order chi connectivity index (χ1) is 4.30. The minimum Gasteiger partial charge on any atom is -0.311 e. The average Bonchev–Trinajstić information content (AvgIpc) is 1.90. The molecule has 1 aliphatic rings. The maximum absolute atomic E-state index is 12.5. The van der Waals surface area contributed by atoms with Crippen LogP contribution in [0, 0.1) is 0 Å². The number of halogens is 2. The normalized spacial score (nSPS) is 28.8. The molecule has 62 valence electrons. The lowest BCUT2D eigenvalue weighted by Crippen LogP contribution is -2.39. The van der Waals surface area contributed by atoms with Crippen LogP contribution in [0.1, 0.15) is 26.2 Å². The van der Waals surface area contributed by atoms with Gasteiger partial charge in [-0.25, -0.2) is 4.39 Å². The van der Waals surface area contributed by atoms with E-state index in [4.69, 9.17) is 0 Å². The molecule has 1 fully saturated rings. The highest BCUT2D eigenvalue weighted by molar-refractivity contribution is 5.85. The molecule has 1 rings (SSSR count). The second kappa shape index (κ2) is 4.91. The Balaban J connectivity index is 0.000000810. The molecule has 0 aliphatic carbocycles. The van der Waals surface area contributed by atoms with Gasteiger partial charge in [0.15, 0.2) is 0 Å². The maximum atomic E-state index is 12.5. The highest BCUT2D eigenvalue weighted by Gasteiger charge is 2.17. The average molecular weight is 168 g/mol. The number of hydrogen-bond acceptors (Lipinski definition) is 1. The van der Waals surface area contributed by atoms with Gasteiger partial charge in [-0.15, -0.1) is 12.4 Å². The van der Waals surface area contributed by atoms with E-state index in [1.54, 1.807) is 6.92 Å². The van der Waals surface area contributed by atoms with E-state index in [2.05, 4.69) is 5.32 Å². The van der Waals surface area contributed by atoms with Crippen LogP contribution in [0.2, 0.25) is 0 Å². The second-order valence-corrected chi connectivity index (χ2v) is 2.73. The van der Waals surface area contributed by atoms with E-state index in [-0.39, 0.29) is 18.4 Å². The Morgan fingerprint density at radius 1 is 1.50 bits per heavy atom. The molecule has 0 aromatic rings. The summed E-state index contributed by atoms with van der Waals surface area (Å²) in [5.41, 5.74) is 0. The molecule has 0 spiro atoms. The third-order valence-corrected chi connectivity index (χ3v) is 1.90. The van der Waals surface area contributed by atoms with Gasteiger partial charge in [0.1, 0.15) is 6.17 Å². The Kier molecular flexibility index (Phi) is 5.00. The SMILES string of the molecule is CC(F)C1CCCCN1.Cl. The lowest BCUT2D eigenvalue weighted by molar-refractivity contribution is 0.235. The summed E-state index contributed by atoms with van der Waals surface area (Å²) < 4.78 is 12.5. The zero-order valence-corrected chi connectivity index (χ0v) is 7.09. The van der Waals surface area contributed by atoms with Crippen LogP contribution >= 0.6 is 12.4 Å². The summed E-state index contributed by atoms with van der Waals surface area (Å²) in [6.07, 6.45) is 2.73. The van der Waals surface area contributed by atoms with E-state index in [1.807, 2.05) is 0 Å². The van der Waals surface area contributed by atoms with Gasteiger partial charge in [0.25, 0.3) is 0 Å². The highest BCUT2D eigenvalue weighted by atomic mass is 35.5. The maximum Gasteiger partial charge on any atom is 0.113 e. The van der Waals surface area contributed by atoms with Gasteiger partial charge in [-0.05, 0) is 26.3 Å². The van der Waals surface area contributed by atoms with Crippen molar-refractivity contribution in [3.05, 3.63) is 0 Å². The molecule has 2 unspecified atom stereocenters. The summed E-state index contributed by atoms with van der Waals surface area (Å²) >= 11 is 0. The molecule has 1 nitrogen and oxygen atoms in total. The van der Waals surface area contributed by atoms with Crippen molar-refractivity contribution in [1.29, 1.82) is 0 Å². The molecule has 3 heteroatoms. The quantitative estimate of drug-likeness (QED) is 0.629. The van der Waals surface area contributed by atoms with Crippen LogP contribution in [0.15, 0.2) is 0 Å². The van der Waals surface area contributed by atoms with Crippen LogP contribution in [-0.4, -0.2) is 18.8 Å². The first-order valence-corrected chi connectivity index (χ1v) is 3.68. The molecule has 0 bridgehead atoms. The zero-order chi connectivity index (χ0) is 6.69. The fraction of sp³-hybridized carbons (Fsp3) is 1.00. The number of hydrogen-bond donors (Lipinski definition) is 1. The van der Waals surface area contributed by atoms with Crippen LogP contribution in [0.5, 0.6) is 0 Å². The lowest BCUT2D eigenvalue weighted by atomic mass is 10.0. The highest BCUT2D eigenvalue weighted by Crippen LogP contribution is 2.11. The van der Waals surface area contributed by atoms with Crippen molar-refractivity contribution in [1.82, 2.24) is 5.32 Å². The predicted molar refractivity (Wildman–Crippen MR) is 43.5 cm³/mol. The van der Waals surface area contributed by atoms with Crippen molar-refractivity contribution in [3.8, 4) is 0 Å². The summed E-state index contributed by atoms with van der Waals surface area (Å²) in [6.45, 7) is 2.63. The van der Waals surface area contributed by atoms with Crippen molar-refractivity contribution in [2.75, 3.05) is 6.54 Å². The first kappa shape index (κ1) is 10.2. The number of rotatable bonds is 1. The van der Waals surface area contributed by atoms with Crippen molar-refractivity contribution in [2.24, 2.45) is 0 Å². The minimum atomic E-state index is -0.676. The Morgan fingerprint density at radius 3 is 2.50 bits per heavy atom. The summed E-state index contributed by atoms with van der Waals surface area (Å²) in [5.74, 6) is 0. The van der Waals surface area contributed by atoms with Crippen molar-refractivity contribution >= 4 is 12.4 Å². The van der Waals surface area contributed by atoms with Gasteiger partial charge in [-0.1, -0.05) is 6.42 Å². The van der Waals surface area contributed by atoms with Crippen LogP contribution in [0.4, 0.5) is 4.39 Å². The molecule has 1 heterocycles. The van der Waals surface area contributed by atoms with E-state index >= 15 is 0 Å². The van der Waals surface area contributed by atoms with Crippen LogP contribution < -0.4 is 5.32 Å². The van der Waals surface area contributed by atoms with Crippen molar-refractivity contribution in [2.45, 2.75) is 38.4 Å². The second-order valence-electron chi connectivity index (χ2n) is 2.73. The van der Waals surface area contributed by atoms with E-state index < -0.39 is 6.17 Å². The van der Waals surface area contributed by atoms with E-state index in [9.17, 15) is 4.39 Å². The summed E-state index contributed by atoms with van der Waals surface area (Å²) in [5, 5.41) is 3.14. The van der Waals surface area contributed by atoms with Crippen LogP contribution in [0.3, 0.4) is 0 Å². The van der Waals surface area contributed by atoms with Gasteiger partial charge < -0.3 is 5.32 Å². The monoisotopic (exact) mass is 167 g/mol. The van der Waals surface area contributed by atoms with E-state index in [0.29, 0.717) is 0 Å². The Labute approximate surface area is 67.8 Å². The van der Waals surface area contributed by atoms with Gasteiger partial charge in [0.2, 0.25) is 0 Å². The molecule has 2 atom stereocenters. The lowest BCUT2D eigenvalue weighted by Gasteiger charge is -2.24. The van der Waals surface area contributed by atoms with Gasteiger partial charge in [-0.2, -0.15) is 0 Å². The molecule has 0 radical (unpaired) electrons. The topological polar surface area (TPSA) is 12.0 Å². The smallest absolute Gasteiger partial charge is 0.113 e. The van der Waals surface area contributed by atoms with Gasteiger partial charge in [0.05, 0.1) is 0 Å². The number of piperidine rings is 1. The summed E-state index contributed by atoms with van der Waals surface area (Å²) in [6, 6.07) is 0.138. The summed E-state index contributed by atoms with van der Waals surface area (Å²) in [4.78, 5) is 0. The van der Waals surface area contributed by atoms with Crippen LogP contribution in [0.25, 0.3) is 0 Å². The van der Waals surface area contributed by atoms with Crippen molar-refractivity contribution < 1.29 is 4.39 Å². The Morgan fingerprint density at radius 2 is 2.20 bits per heavy atom. The van der Waals surface area contributed by atoms with E-state index in [0.717, 1.165) is 13.0 Å². The molecular weight excluding hydrogens is 153 g/mol. The van der Waals surface area contributed by atoms with Gasteiger partial charge in [-0.3, -0.25) is 0 Å². The Bertz CT molecular complexity index is 81.7. The fourth-order valence-electron chi connectivity index (χ4n) is 1.27. The molecule has 0 amide bonds. The molecule has 0 aromatic heterocycles. The van der Waals surface area contributed by atoms with Gasteiger partial charge >= 0.3 is 0 Å². The molecule has 1 N–H and O–H groups in total. The zero-order valence-electron chi connectivity index (χ0n) is 6.27. The third-order valence-electron chi connectivity index (χ3n) is 1.90. The summed E-state index contributed by atoms with van der Waals surface area (Å²) in [7, 11) is 0. The first-order valence-electron chi connectivity index (χ1n) is 3.68. The molecule has 10 heavy (non-hydrogen) atoms. The minimum absolute atomic E-state index is 0. The van der Waals surface area contributed by atoms with Crippen LogP contribution in [-0.2, 0) is 0 Å². The largest absolute Gasteiger partial charge is 0.311 e. The Hall–Kier alpha value is 0.180. The fourth-order valence-corrected chi connectivity index (χ4v) is 1.27. The molecule has 1 saturated heterocycles. The molecule has 0 aromatic carbocycles.